The molecule has 3 rings (SSSR count). The molecular formula is C20H23FN2O4S. The number of carbonyl (C=O) groups excluding carboxylic acids is 1. The van der Waals surface area contributed by atoms with Gasteiger partial charge < -0.3 is 10.1 Å². The lowest BCUT2D eigenvalue weighted by Crippen LogP contribution is -2.41. The van der Waals surface area contributed by atoms with Gasteiger partial charge in [-0.15, -0.1) is 0 Å². The van der Waals surface area contributed by atoms with Crippen LogP contribution in [0.1, 0.15) is 19.8 Å². The van der Waals surface area contributed by atoms with Crippen molar-refractivity contribution in [3.05, 3.63) is 54.3 Å². The van der Waals surface area contributed by atoms with Gasteiger partial charge in [0.05, 0.1) is 11.5 Å². The van der Waals surface area contributed by atoms with Crippen LogP contribution in [0.4, 0.5) is 10.1 Å². The van der Waals surface area contributed by atoms with Crippen molar-refractivity contribution in [3.8, 4) is 5.75 Å². The van der Waals surface area contributed by atoms with Gasteiger partial charge in [0, 0.05) is 30.8 Å². The summed E-state index contributed by atoms with van der Waals surface area (Å²) in [6.45, 7) is 2.66. The van der Waals surface area contributed by atoms with Crippen LogP contribution in [0.3, 0.4) is 0 Å². The zero-order chi connectivity index (χ0) is 20.1. The van der Waals surface area contributed by atoms with E-state index in [0.717, 1.165) is 0 Å². The second-order valence-electron chi connectivity index (χ2n) is 6.56. The molecule has 1 aliphatic rings. The van der Waals surface area contributed by atoms with Gasteiger partial charge in [-0.3, -0.25) is 4.79 Å². The van der Waals surface area contributed by atoms with Crippen LogP contribution in [0.2, 0.25) is 0 Å². The Morgan fingerprint density at radius 1 is 1.18 bits per heavy atom. The molecule has 28 heavy (non-hydrogen) atoms. The third-order valence-corrected chi connectivity index (χ3v) is 6.62. The van der Waals surface area contributed by atoms with Crippen LogP contribution in [-0.2, 0) is 14.8 Å². The number of rotatable bonds is 6. The van der Waals surface area contributed by atoms with Gasteiger partial charge in [0.1, 0.15) is 0 Å². The van der Waals surface area contributed by atoms with Gasteiger partial charge in [-0.2, -0.15) is 4.31 Å². The number of nitrogens with zero attached hydrogens (tertiary/aromatic N) is 1. The Kier molecular flexibility index (Phi) is 6.31. The highest BCUT2D eigenvalue weighted by atomic mass is 32.2. The molecule has 0 saturated carbocycles. The van der Waals surface area contributed by atoms with Crippen LogP contribution in [-0.4, -0.2) is 38.3 Å². The number of amides is 1. The average Bonchev–Trinajstić information content (AvgIpc) is 2.71. The number of carbonyl (C=O) groups is 1. The fraction of sp³-hybridized carbons (Fsp3) is 0.350. The van der Waals surface area contributed by atoms with Crippen molar-refractivity contribution in [2.45, 2.75) is 24.7 Å². The summed E-state index contributed by atoms with van der Waals surface area (Å²) in [5, 5.41) is 2.70. The van der Waals surface area contributed by atoms with Crippen molar-refractivity contribution in [1.29, 1.82) is 0 Å². The van der Waals surface area contributed by atoms with Crippen molar-refractivity contribution in [1.82, 2.24) is 4.31 Å². The Hall–Kier alpha value is -2.45. The summed E-state index contributed by atoms with van der Waals surface area (Å²) < 4.78 is 45.8. The second-order valence-corrected chi connectivity index (χ2v) is 8.50. The van der Waals surface area contributed by atoms with Crippen molar-refractivity contribution >= 4 is 21.6 Å². The molecule has 0 unspecified atom stereocenters. The van der Waals surface area contributed by atoms with E-state index in [2.05, 4.69) is 5.32 Å². The molecule has 0 spiro atoms. The number of hydrogen-bond donors (Lipinski definition) is 1. The van der Waals surface area contributed by atoms with Crippen LogP contribution in [0.15, 0.2) is 53.4 Å². The predicted molar refractivity (Wildman–Crippen MR) is 104 cm³/mol. The zero-order valence-electron chi connectivity index (χ0n) is 15.6. The molecule has 8 heteroatoms. The maximum absolute atomic E-state index is 13.9. The zero-order valence-corrected chi connectivity index (χ0v) is 16.4. The molecule has 6 nitrogen and oxygen atoms in total. The number of anilines is 1. The fourth-order valence-electron chi connectivity index (χ4n) is 3.20. The molecule has 1 N–H and O–H groups in total. The van der Waals surface area contributed by atoms with E-state index in [1.165, 1.54) is 16.4 Å². The SMILES string of the molecule is CCOc1ccc(NC(=O)C2CCN(S(=O)(=O)c3ccccc3)CC2)cc1F. The molecular weight excluding hydrogens is 383 g/mol. The van der Waals surface area contributed by atoms with Gasteiger partial charge >= 0.3 is 0 Å². The Morgan fingerprint density at radius 2 is 1.86 bits per heavy atom. The van der Waals surface area contributed by atoms with Crippen molar-refractivity contribution in [3.63, 3.8) is 0 Å². The number of sulfonamides is 1. The van der Waals surface area contributed by atoms with Gasteiger partial charge in [0.2, 0.25) is 15.9 Å². The Bertz CT molecular complexity index is 926. The summed E-state index contributed by atoms with van der Waals surface area (Å²) in [5.41, 5.74) is 0.352. The molecule has 1 aliphatic heterocycles. The van der Waals surface area contributed by atoms with Gasteiger partial charge in [-0.25, -0.2) is 12.8 Å². The Labute approximate surface area is 164 Å². The third kappa shape index (κ3) is 4.51. The van der Waals surface area contributed by atoms with E-state index in [4.69, 9.17) is 4.74 Å². The Morgan fingerprint density at radius 3 is 2.46 bits per heavy atom. The minimum atomic E-state index is -3.55. The molecule has 0 bridgehead atoms. The predicted octanol–water partition coefficient (Wildman–Crippen LogP) is 3.26. The van der Waals surface area contributed by atoms with E-state index >= 15 is 0 Å². The summed E-state index contributed by atoms with van der Waals surface area (Å²) in [6, 6.07) is 12.5. The van der Waals surface area contributed by atoms with Crippen LogP contribution in [0, 0.1) is 11.7 Å². The minimum absolute atomic E-state index is 0.139. The average molecular weight is 406 g/mol. The first-order valence-corrected chi connectivity index (χ1v) is 10.6. The maximum atomic E-state index is 13.9. The molecule has 1 fully saturated rings. The first kappa shape index (κ1) is 20.3. The number of nitrogens with one attached hydrogen (secondary N) is 1. The summed E-state index contributed by atoms with van der Waals surface area (Å²) in [6.07, 6.45) is 0.828. The fourth-order valence-corrected chi connectivity index (χ4v) is 4.69. The van der Waals surface area contributed by atoms with Gasteiger partial charge in [-0.1, -0.05) is 18.2 Å². The molecule has 0 aromatic heterocycles. The van der Waals surface area contributed by atoms with Gasteiger partial charge in [0.25, 0.3) is 0 Å². The summed E-state index contributed by atoms with van der Waals surface area (Å²) in [7, 11) is -3.55. The highest BCUT2D eigenvalue weighted by molar-refractivity contribution is 7.89. The molecule has 2 aromatic carbocycles. The summed E-state index contributed by atoms with van der Waals surface area (Å²) in [5.74, 6) is -0.958. The summed E-state index contributed by atoms with van der Waals surface area (Å²) >= 11 is 0. The van der Waals surface area contributed by atoms with Crippen molar-refractivity contribution in [2.75, 3.05) is 25.0 Å². The lowest BCUT2D eigenvalue weighted by Gasteiger charge is -2.30. The molecule has 150 valence electrons. The largest absolute Gasteiger partial charge is 0.491 e. The van der Waals surface area contributed by atoms with E-state index in [9.17, 15) is 17.6 Å². The smallest absolute Gasteiger partial charge is 0.243 e. The maximum Gasteiger partial charge on any atom is 0.243 e. The minimum Gasteiger partial charge on any atom is -0.491 e. The lowest BCUT2D eigenvalue weighted by atomic mass is 9.97. The van der Waals surface area contributed by atoms with Crippen LogP contribution in [0.25, 0.3) is 0 Å². The van der Waals surface area contributed by atoms with Crippen LogP contribution < -0.4 is 10.1 Å². The van der Waals surface area contributed by atoms with E-state index in [1.54, 1.807) is 43.3 Å². The van der Waals surface area contributed by atoms with E-state index in [1.807, 2.05) is 0 Å². The highest BCUT2D eigenvalue weighted by Gasteiger charge is 2.32. The van der Waals surface area contributed by atoms with Gasteiger partial charge in [-0.05, 0) is 44.0 Å². The molecule has 0 aliphatic carbocycles. The number of piperidine rings is 1. The van der Waals surface area contributed by atoms with Crippen molar-refractivity contribution < 1.29 is 22.3 Å². The molecule has 0 atom stereocenters. The lowest BCUT2D eigenvalue weighted by molar-refractivity contribution is -0.120. The standard InChI is InChI=1S/C20H23FN2O4S/c1-2-27-19-9-8-16(14-18(19)21)22-20(24)15-10-12-23(13-11-15)28(25,26)17-6-4-3-5-7-17/h3-9,14-15H,2,10-13H2,1H3,(H,22,24). The topological polar surface area (TPSA) is 75.7 Å². The summed E-state index contributed by atoms with van der Waals surface area (Å²) in [4.78, 5) is 12.7. The second kappa shape index (κ2) is 8.70. The van der Waals surface area contributed by atoms with Crippen LogP contribution in [0.5, 0.6) is 5.75 Å². The van der Waals surface area contributed by atoms with Crippen LogP contribution >= 0.6 is 0 Å². The first-order valence-electron chi connectivity index (χ1n) is 9.20. The monoisotopic (exact) mass is 406 g/mol. The first-order chi connectivity index (χ1) is 13.4. The van der Waals surface area contributed by atoms with E-state index < -0.39 is 15.8 Å². The molecule has 0 radical (unpaired) electrons. The molecule has 1 amide bonds. The highest BCUT2D eigenvalue weighted by Crippen LogP contribution is 2.26. The normalized spacial score (nSPS) is 15.9. The number of benzene rings is 2. The number of hydrogen-bond acceptors (Lipinski definition) is 4. The number of ether oxygens (including phenoxy) is 1. The van der Waals surface area contributed by atoms with E-state index in [0.29, 0.717) is 25.1 Å². The number of halogens is 1. The van der Waals surface area contributed by atoms with E-state index in [-0.39, 0.29) is 35.6 Å². The molecule has 1 heterocycles. The third-order valence-electron chi connectivity index (χ3n) is 4.70. The molecule has 2 aromatic rings. The molecule has 1 saturated heterocycles. The quantitative estimate of drug-likeness (QED) is 0.799. The van der Waals surface area contributed by atoms with Gasteiger partial charge in [0.15, 0.2) is 11.6 Å². The van der Waals surface area contributed by atoms with Crippen molar-refractivity contribution in [2.24, 2.45) is 5.92 Å². The Balaban J connectivity index is 1.59.